The topological polar surface area (TPSA) is 40.5 Å². The molecule has 0 radical (unpaired) electrons. The number of carbonyl (C=O) groups is 1. The highest BCUT2D eigenvalue weighted by Gasteiger charge is 2.20. The summed E-state index contributed by atoms with van der Waals surface area (Å²) in [6.45, 7) is 3.18. The largest absolute Gasteiger partial charge is 0.481 e. The zero-order valence-corrected chi connectivity index (χ0v) is 12.7. The first-order valence-corrected chi connectivity index (χ1v) is 7.98. The van der Waals surface area contributed by atoms with E-state index in [9.17, 15) is 4.79 Å². The van der Waals surface area contributed by atoms with Crippen LogP contribution in [0.2, 0.25) is 0 Å². The van der Waals surface area contributed by atoms with Gasteiger partial charge in [-0.1, -0.05) is 0 Å². The van der Waals surface area contributed by atoms with Crippen LogP contribution >= 0.6 is 27.3 Å². The Balaban J connectivity index is 1.81. The Bertz CT molecular complexity index is 407. The van der Waals surface area contributed by atoms with Crippen molar-refractivity contribution in [2.24, 2.45) is 5.92 Å². The number of piperidine rings is 1. The molecule has 2 heterocycles. The second-order valence-corrected chi connectivity index (χ2v) is 6.82. The Kier molecular flexibility index (Phi) is 5.21. The van der Waals surface area contributed by atoms with E-state index in [1.54, 1.807) is 11.3 Å². The Morgan fingerprint density at radius 1 is 1.61 bits per heavy atom. The van der Waals surface area contributed by atoms with E-state index in [0.29, 0.717) is 12.3 Å². The first kappa shape index (κ1) is 14.0. The molecule has 18 heavy (non-hydrogen) atoms. The van der Waals surface area contributed by atoms with Crippen molar-refractivity contribution in [1.29, 1.82) is 0 Å². The fourth-order valence-corrected chi connectivity index (χ4v) is 4.01. The van der Waals surface area contributed by atoms with Crippen LogP contribution in [0.4, 0.5) is 0 Å². The minimum absolute atomic E-state index is 0.309. The maximum atomic E-state index is 10.6. The van der Waals surface area contributed by atoms with Gasteiger partial charge in [0, 0.05) is 34.2 Å². The molecule has 1 aromatic heterocycles. The highest BCUT2D eigenvalue weighted by Crippen LogP contribution is 2.25. The monoisotopic (exact) mass is 331 g/mol. The van der Waals surface area contributed by atoms with Gasteiger partial charge in [0.1, 0.15) is 0 Å². The number of carboxylic acids is 1. The van der Waals surface area contributed by atoms with Crippen LogP contribution < -0.4 is 0 Å². The molecule has 1 saturated heterocycles. The number of hydrogen-bond donors (Lipinski definition) is 1. The van der Waals surface area contributed by atoms with Crippen molar-refractivity contribution in [3.05, 3.63) is 20.8 Å². The van der Waals surface area contributed by atoms with Gasteiger partial charge in [0.25, 0.3) is 0 Å². The van der Waals surface area contributed by atoms with Crippen molar-refractivity contribution in [3.8, 4) is 0 Å². The average molecular weight is 332 g/mol. The molecule has 1 unspecified atom stereocenters. The summed E-state index contributed by atoms with van der Waals surface area (Å²) in [4.78, 5) is 14.4. The van der Waals surface area contributed by atoms with Crippen LogP contribution in [0.15, 0.2) is 15.9 Å². The van der Waals surface area contributed by atoms with Crippen molar-refractivity contribution >= 4 is 33.2 Å². The number of carboxylic acid groups (broad SMARTS) is 1. The Morgan fingerprint density at radius 2 is 2.44 bits per heavy atom. The molecule has 1 aliphatic heterocycles. The molecule has 100 valence electrons. The van der Waals surface area contributed by atoms with Crippen LogP contribution in [-0.2, 0) is 11.3 Å². The van der Waals surface area contributed by atoms with Crippen LogP contribution in [0.5, 0.6) is 0 Å². The SMILES string of the molecule is O=C(O)CCC1CCCN(Cc2cc(Br)cs2)C1. The van der Waals surface area contributed by atoms with Crippen molar-refractivity contribution in [2.45, 2.75) is 32.2 Å². The number of nitrogens with zero attached hydrogens (tertiary/aromatic N) is 1. The lowest BCUT2D eigenvalue weighted by Gasteiger charge is -2.32. The summed E-state index contributed by atoms with van der Waals surface area (Å²) < 4.78 is 1.15. The van der Waals surface area contributed by atoms with Gasteiger partial charge in [-0.05, 0) is 53.7 Å². The minimum Gasteiger partial charge on any atom is -0.481 e. The van der Waals surface area contributed by atoms with Gasteiger partial charge in [-0.15, -0.1) is 11.3 Å². The predicted octanol–water partition coefficient (Wildman–Crippen LogP) is 3.59. The molecule has 1 N–H and O–H groups in total. The fraction of sp³-hybridized carbons (Fsp3) is 0.615. The van der Waals surface area contributed by atoms with E-state index >= 15 is 0 Å². The molecule has 0 bridgehead atoms. The standard InChI is InChI=1S/C13H18BrNO2S/c14-11-6-12(18-9-11)8-15-5-1-2-10(7-15)3-4-13(16)17/h6,9-10H,1-5,7-8H2,(H,16,17). The molecule has 2 rings (SSSR count). The van der Waals surface area contributed by atoms with Gasteiger partial charge in [-0.3, -0.25) is 9.69 Å². The van der Waals surface area contributed by atoms with E-state index < -0.39 is 5.97 Å². The second kappa shape index (κ2) is 6.68. The zero-order chi connectivity index (χ0) is 13.0. The normalized spacial score (nSPS) is 21.1. The summed E-state index contributed by atoms with van der Waals surface area (Å²) in [5, 5.41) is 10.8. The molecule has 1 fully saturated rings. The van der Waals surface area contributed by atoms with Crippen LogP contribution in [0.1, 0.15) is 30.6 Å². The van der Waals surface area contributed by atoms with E-state index in [-0.39, 0.29) is 0 Å². The van der Waals surface area contributed by atoms with Crippen LogP contribution in [-0.4, -0.2) is 29.1 Å². The third-order valence-corrected chi connectivity index (χ3v) is 5.05. The second-order valence-electron chi connectivity index (χ2n) is 4.91. The Morgan fingerprint density at radius 3 is 3.11 bits per heavy atom. The Hall–Kier alpha value is -0.390. The molecule has 5 heteroatoms. The molecule has 0 aliphatic carbocycles. The lowest BCUT2D eigenvalue weighted by Crippen LogP contribution is -2.34. The van der Waals surface area contributed by atoms with Crippen molar-refractivity contribution < 1.29 is 9.90 Å². The van der Waals surface area contributed by atoms with Crippen molar-refractivity contribution in [1.82, 2.24) is 4.90 Å². The maximum absolute atomic E-state index is 10.6. The average Bonchev–Trinajstić information content (AvgIpc) is 2.73. The third kappa shape index (κ3) is 4.37. The van der Waals surface area contributed by atoms with E-state index in [4.69, 9.17) is 5.11 Å². The number of likely N-dealkylation sites (tertiary alicyclic amines) is 1. The maximum Gasteiger partial charge on any atom is 0.303 e. The molecule has 3 nitrogen and oxygen atoms in total. The van der Waals surface area contributed by atoms with E-state index in [0.717, 1.165) is 30.5 Å². The van der Waals surface area contributed by atoms with E-state index in [1.165, 1.54) is 17.7 Å². The van der Waals surface area contributed by atoms with Gasteiger partial charge in [0.15, 0.2) is 0 Å². The summed E-state index contributed by atoms with van der Waals surface area (Å²) >= 11 is 5.26. The highest BCUT2D eigenvalue weighted by atomic mass is 79.9. The van der Waals surface area contributed by atoms with Gasteiger partial charge in [-0.25, -0.2) is 0 Å². The molecule has 0 aromatic carbocycles. The summed E-state index contributed by atoms with van der Waals surface area (Å²) in [6, 6.07) is 2.17. The first-order chi connectivity index (χ1) is 8.63. The molecule has 0 amide bonds. The molecule has 1 aliphatic rings. The molecule has 1 atom stereocenters. The molecular formula is C13H18BrNO2S. The third-order valence-electron chi connectivity index (χ3n) is 3.37. The number of hydrogen-bond acceptors (Lipinski definition) is 3. The lowest BCUT2D eigenvalue weighted by molar-refractivity contribution is -0.137. The molecule has 1 aromatic rings. The van der Waals surface area contributed by atoms with Crippen LogP contribution in [0.3, 0.4) is 0 Å². The number of halogens is 1. The van der Waals surface area contributed by atoms with Crippen LogP contribution in [0.25, 0.3) is 0 Å². The highest BCUT2D eigenvalue weighted by molar-refractivity contribution is 9.10. The van der Waals surface area contributed by atoms with Gasteiger partial charge < -0.3 is 5.11 Å². The predicted molar refractivity (Wildman–Crippen MR) is 76.9 cm³/mol. The van der Waals surface area contributed by atoms with Crippen molar-refractivity contribution in [2.75, 3.05) is 13.1 Å². The number of thiophene rings is 1. The smallest absolute Gasteiger partial charge is 0.303 e. The summed E-state index contributed by atoms with van der Waals surface area (Å²) in [5.74, 6) is -0.118. The molecule has 0 spiro atoms. The fourth-order valence-electron chi connectivity index (χ4n) is 2.52. The van der Waals surface area contributed by atoms with Crippen molar-refractivity contribution in [3.63, 3.8) is 0 Å². The van der Waals surface area contributed by atoms with Gasteiger partial charge in [0.2, 0.25) is 0 Å². The minimum atomic E-state index is -0.672. The molecule has 0 saturated carbocycles. The zero-order valence-electron chi connectivity index (χ0n) is 10.3. The van der Waals surface area contributed by atoms with Gasteiger partial charge in [0.05, 0.1) is 0 Å². The summed E-state index contributed by atoms with van der Waals surface area (Å²) in [7, 11) is 0. The van der Waals surface area contributed by atoms with Gasteiger partial charge in [-0.2, -0.15) is 0 Å². The van der Waals surface area contributed by atoms with Gasteiger partial charge >= 0.3 is 5.97 Å². The summed E-state index contributed by atoms with van der Waals surface area (Å²) in [6.07, 6.45) is 3.50. The number of rotatable bonds is 5. The quantitative estimate of drug-likeness (QED) is 0.896. The van der Waals surface area contributed by atoms with E-state index in [2.05, 4.69) is 32.3 Å². The first-order valence-electron chi connectivity index (χ1n) is 6.30. The number of aliphatic carboxylic acids is 1. The molecular weight excluding hydrogens is 314 g/mol. The lowest BCUT2D eigenvalue weighted by atomic mass is 9.93. The van der Waals surface area contributed by atoms with E-state index in [1.807, 2.05) is 0 Å². The Labute approximate surface area is 120 Å². The summed E-state index contributed by atoms with van der Waals surface area (Å²) in [5.41, 5.74) is 0. The van der Waals surface area contributed by atoms with Crippen LogP contribution in [0, 0.1) is 5.92 Å².